The molecule has 0 unspecified atom stereocenters. The molecule has 1 fully saturated rings. The predicted molar refractivity (Wildman–Crippen MR) is 76.8 cm³/mol. The van der Waals surface area contributed by atoms with Crippen molar-refractivity contribution in [1.29, 1.82) is 0 Å². The summed E-state index contributed by atoms with van der Waals surface area (Å²) in [6.07, 6.45) is 0. The van der Waals surface area contributed by atoms with E-state index in [0.717, 1.165) is 32.8 Å². The van der Waals surface area contributed by atoms with Crippen LogP contribution in [0.25, 0.3) is 11.1 Å². The van der Waals surface area contributed by atoms with Gasteiger partial charge in [-0.05, 0) is 28.8 Å². The number of hydrogen-bond donors (Lipinski definition) is 0. The smallest absolute Gasteiger partial charge is 0.0594 e. The highest BCUT2D eigenvalue weighted by Crippen LogP contribution is 2.19. The lowest BCUT2D eigenvalue weighted by Crippen LogP contribution is -2.35. The minimum absolute atomic E-state index is 0.859. The summed E-state index contributed by atoms with van der Waals surface area (Å²) >= 11 is 0. The maximum atomic E-state index is 5.37. The topological polar surface area (TPSA) is 12.5 Å². The largest absolute Gasteiger partial charge is 0.379 e. The van der Waals surface area contributed by atoms with Gasteiger partial charge in [-0.3, -0.25) is 4.90 Å². The Kier molecular flexibility index (Phi) is 3.92. The molecule has 97 valence electrons. The van der Waals surface area contributed by atoms with Gasteiger partial charge < -0.3 is 4.74 Å². The first-order chi connectivity index (χ1) is 9.42. The average molecular weight is 252 g/mol. The van der Waals surface area contributed by atoms with E-state index in [1.165, 1.54) is 16.7 Å². The van der Waals surface area contributed by atoms with Gasteiger partial charge in [0.25, 0.3) is 0 Å². The van der Waals surface area contributed by atoms with Gasteiger partial charge in [0.2, 0.25) is 0 Å². The van der Waals surface area contributed by atoms with Crippen LogP contribution in [-0.2, 0) is 11.3 Å². The number of morpholine rings is 1. The van der Waals surface area contributed by atoms with E-state index in [-0.39, 0.29) is 0 Å². The Morgan fingerprint density at radius 1 is 1.00 bits per heavy atom. The molecule has 0 N–H and O–H groups in total. The van der Waals surface area contributed by atoms with Crippen LogP contribution in [0.1, 0.15) is 5.56 Å². The highest BCUT2D eigenvalue weighted by Gasteiger charge is 2.10. The molecule has 0 amide bonds. The summed E-state index contributed by atoms with van der Waals surface area (Å²) in [5, 5.41) is 0. The Morgan fingerprint density at radius 2 is 1.79 bits per heavy atom. The molecule has 1 heterocycles. The normalized spacial score (nSPS) is 16.4. The maximum absolute atomic E-state index is 5.37. The number of ether oxygens (including phenoxy) is 1. The fourth-order valence-corrected chi connectivity index (χ4v) is 2.39. The molecule has 0 saturated carbocycles. The zero-order valence-corrected chi connectivity index (χ0v) is 11.0. The van der Waals surface area contributed by atoms with Crippen molar-refractivity contribution >= 4 is 0 Å². The molecule has 0 spiro atoms. The minimum Gasteiger partial charge on any atom is -0.379 e. The summed E-state index contributed by atoms with van der Waals surface area (Å²) in [4.78, 5) is 2.44. The van der Waals surface area contributed by atoms with Gasteiger partial charge in [-0.15, -0.1) is 0 Å². The molecule has 2 aromatic rings. The lowest BCUT2D eigenvalue weighted by atomic mass is 10.0. The molecule has 0 aromatic heterocycles. The molecule has 1 aliphatic heterocycles. The second kappa shape index (κ2) is 6.00. The fourth-order valence-electron chi connectivity index (χ4n) is 2.39. The molecule has 2 nitrogen and oxygen atoms in total. The first-order valence-corrected chi connectivity index (χ1v) is 6.77. The molecule has 1 radical (unpaired) electrons. The summed E-state index contributed by atoms with van der Waals surface area (Å²) < 4.78 is 5.37. The van der Waals surface area contributed by atoms with Crippen molar-refractivity contribution in [2.24, 2.45) is 0 Å². The van der Waals surface area contributed by atoms with Crippen LogP contribution < -0.4 is 0 Å². The van der Waals surface area contributed by atoms with E-state index in [2.05, 4.69) is 41.3 Å². The van der Waals surface area contributed by atoms with Crippen LogP contribution >= 0.6 is 0 Å². The molecule has 2 aromatic carbocycles. The SMILES string of the molecule is [c]1cccc(-c2ccc(CN3CCOCC3)cc2)c1. The van der Waals surface area contributed by atoms with Gasteiger partial charge in [-0.1, -0.05) is 42.5 Å². The fraction of sp³-hybridized carbons (Fsp3) is 0.294. The first-order valence-electron chi connectivity index (χ1n) is 6.77. The average Bonchev–Trinajstić information content (AvgIpc) is 2.50. The maximum Gasteiger partial charge on any atom is 0.0594 e. The van der Waals surface area contributed by atoms with E-state index in [1.54, 1.807) is 0 Å². The zero-order valence-electron chi connectivity index (χ0n) is 11.0. The van der Waals surface area contributed by atoms with Crippen molar-refractivity contribution in [3.8, 4) is 11.1 Å². The van der Waals surface area contributed by atoms with Crippen molar-refractivity contribution in [1.82, 2.24) is 4.90 Å². The summed E-state index contributed by atoms with van der Waals surface area (Å²) in [6.45, 7) is 4.81. The second-order valence-corrected chi connectivity index (χ2v) is 4.88. The molecule has 1 aliphatic rings. The van der Waals surface area contributed by atoms with Gasteiger partial charge in [-0.2, -0.15) is 0 Å². The van der Waals surface area contributed by atoms with Gasteiger partial charge in [0.05, 0.1) is 13.2 Å². The Balaban J connectivity index is 1.68. The van der Waals surface area contributed by atoms with Gasteiger partial charge in [0, 0.05) is 19.6 Å². The molecule has 1 saturated heterocycles. The van der Waals surface area contributed by atoms with Crippen LogP contribution in [-0.4, -0.2) is 31.2 Å². The third-order valence-electron chi connectivity index (χ3n) is 3.50. The quantitative estimate of drug-likeness (QED) is 0.832. The molecule has 0 atom stereocenters. The van der Waals surface area contributed by atoms with Gasteiger partial charge in [-0.25, -0.2) is 0 Å². The van der Waals surface area contributed by atoms with E-state index in [0.29, 0.717) is 0 Å². The number of benzene rings is 2. The van der Waals surface area contributed by atoms with Crippen molar-refractivity contribution < 1.29 is 4.74 Å². The summed E-state index contributed by atoms with van der Waals surface area (Å²) in [6, 6.07) is 20.0. The molecule has 2 heteroatoms. The van der Waals surface area contributed by atoms with Gasteiger partial charge >= 0.3 is 0 Å². The summed E-state index contributed by atoms with van der Waals surface area (Å²) in [7, 11) is 0. The number of rotatable bonds is 3. The van der Waals surface area contributed by atoms with Gasteiger partial charge in [0.15, 0.2) is 0 Å². The molecular formula is C17H18NO. The lowest BCUT2D eigenvalue weighted by Gasteiger charge is -2.26. The Morgan fingerprint density at radius 3 is 2.47 bits per heavy atom. The van der Waals surface area contributed by atoms with Crippen LogP contribution in [0.2, 0.25) is 0 Å². The molecular weight excluding hydrogens is 234 g/mol. The standard InChI is InChI=1S/C17H18NO/c1-2-4-16(5-3-1)17-8-6-15(7-9-17)14-18-10-12-19-13-11-18/h1-2,4-9H,10-14H2. The van der Waals surface area contributed by atoms with Crippen LogP contribution in [0.3, 0.4) is 0 Å². The molecule has 19 heavy (non-hydrogen) atoms. The second-order valence-electron chi connectivity index (χ2n) is 4.88. The van der Waals surface area contributed by atoms with Crippen LogP contribution in [0, 0.1) is 6.07 Å². The van der Waals surface area contributed by atoms with Crippen molar-refractivity contribution in [2.75, 3.05) is 26.3 Å². The number of nitrogens with zero attached hydrogens (tertiary/aromatic N) is 1. The third-order valence-corrected chi connectivity index (χ3v) is 3.50. The summed E-state index contributed by atoms with van der Waals surface area (Å²) in [5.41, 5.74) is 3.84. The van der Waals surface area contributed by atoms with Crippen molar-refractivity contribution in [2.45, 2.75) is 6.54 Å². The molecule has 3 rings (SSSR count). The Hall–Kier alpha value is -1.64. The third kappa shape index (κ3) is 3.22. The Bertz CT molecular complexity index is 501. The predicted octanol–water partition coefficient (Wildman–Crippen LogP) is 2.99. The molecule has 0 aliphatic carbocycles. The van der Waals surface area contributed by atoms with Gasteiger partial charge in [0.1, 0.15) is 0 Å². The van der Waals surface area contributed by atoms with Crippen LogP contribution in [0.15, 0.2) is 48.5 Å². The van der Waals surface area contributed by atoms with Crippen LogP contribution in [0.4, 0.5) is 0 Å². The highest BCUT2D eigenvalue weighted by molar-refractivity contribution is 5.63. The van der Waals surface area contributed by atoms with E-state index in [4.69, 9.17) is 4.74 Å². The Labute approximate surface area is 114 Å². The molecule has 0 bridgehead atoms. The monoisotopic (exact) mass is 252 g/mol. The highest BCUT2D eigenvalue weighted by atomic mass is 16.5. The van der Waals surface area contributed by atoms with Crippen molar-refractivity contribution in [3.05, 3.63) is 60.2 Å². The van der Waals surface area contributed by atoms with E-state index >= 15 is 0 Å². The summed E-state index contributed by atoms with van der Waals surface area (Å²) in [5.74, 6) is 0. The van der Waals surface area contributed by atoms with Crippen molar-refractivity contribution in [3.63, 3.8) is 0 Å². The van der Waals surface area contributed by atoms with E-state index in [9.17, 15) is 0 Å². The number of hydrogen-bond acceptors (Lipinski definition) is 2. The van der Waals surface area contributed by atoms with E-state index in [1.807, 2.05) is 18.2 Å². The lowest BCUT2D eigenvalue weighted by molar-refractivity contribution is 0.0342. The zero-order chi connectivity index (χ0) is 12.9. The first kappa shape index (κ1) is 12.4. The minimum atomic E-state index is 0.859. The van der Waals surface area contributed by atoms with E-state index < -0.39 is 0 Å². The van der Waals surface area contributed by atoms with Crippen LogP contribution in [0.5, 0.6) is 0 Å².